The molecule has 0 aliphatic heterocycles. The summed E-state index contributed by atoms with van der Waals surface area (Å²) in [7, 11) is 0. The normalized spacial score (nSPS) is 16.8. The van der Waals surface area contributed by atoms with Gasteiger partial charge in [0.2, 0.25) is 0 Å². The Labute approximate surface area is 113 Å². The summed E-state index contributed by atoms with van der Waals surface area (Å²) in [5.74, 6) is 0.677. The van der Waals surface area contributed by atoms with Gasteiger partial charge in [0.05, 0.1) is 0 Å². The van der Waals surface area contributed by atoms with Crippen LogP contribution in [0.5, 0.6) is 0 Å². The van der Waals surface area contributed by atoms with Gasteiger partial charge in [-0.05, 0) is 35.9 Å². The maximum absolute atomic E-state index is 3.59. The molecule has 2 aromatic carbocycles. The molecule has 92 valence electrons. The summed E-state index contributed by atoms with van der Waals surface area (Å²) >= 11 is 1.80. The van der Waals surface area contributed by atoms with E-state index in [0.717, 1.165) is 6.54 Å². The van der Waals surface area contributed by atoms with Crippen LogP contribution in [0.3, 0.4) is 0 Å². The van der Waals surface area contributed by atoms with Crippen LogP contribution in [-0.2, 0) is 6.42 Å². The highest BCUT2D eigenvalue weighted by atomic mass is 32.2. The number of fused-ring (bicyclic) bond motifs is 1. The van der Waals surface area contributed by atoms with Crippen LogP contribution in [0.15, 0.2) is 53.4 Å². The van der Waals surface area contributed by atoms with Crippen molar-refractivity contribution in [1.29, 1.82) is 0 Å². The van der Waals surface area contributed by atoms with Gasteiger partial charge in [-0.15, -0.1) is 11.8 Å². The molecule has 0 aromatic heterocycles. The fraction of sp³-hybridized carbons (Fsp3) is 0.250. The number of hydrogen-bond acceptors (Lipinski definition) is 2. The van der Waals surface area contributed by atoms with Gasteiger partial charge in [-0.1, -0.05) is 36.4 Å². The lowest BCUT2D eigenvalue weighted by molar-refractivity contribution is 0.635. The molecular formula is C16H17NS. The summed E-state index contributed by atoms with van der Waals surface area (Å²) in [6.07, 6.45) is 3.34. The lowest BCUT2D eigenvalue weighted by atomic mass is 9.77. The molecule has 2 heteroatoms. The molecule has 1 atom stereocenters. The predicted molar refractivity (Wildman–Crippen MR) is 79.6 cm³/mol. The summed E-state index contributed by atoms with van der Waals surface area (Å²) < 4.78 is 0. The molecule has 1 nitrogen and oxygen atoms in total. The molecule has 18 heavy (non-hydrogen) atoms. The first-order valence-corrected chi connectivity index (χ1v) is 7.55. The number of nitrogens with one attached hydrogen (secondary N) is 1. The van der Waals surface area contributed by atoms with Gasteiger partial charge < -0.3 is 5.32 Å². The number of anilines is 1. The van der Waals surface area contributed by atoms with E-state index in [1.807, 2.05) is 0 Å². The maximum atomic E-state index is 3.59. The Hall–Kier alpha value is -1.41. The Kier molecular flexibility index (Phi) is 3.28. The first-order chi connectivity index (χ1) is 8.88. The molecule has 0 heterocycles. The number of thioether (sulfide) groups is 1. The molecule has 0 saturated heterocycles. The SMILES string of the molecule is CSc1ccccc1NCC1Cc2ccccc21. The van der Waals surface area contributed by atoms with Gasteiger partial charge in [0, 0.05) is 23.0 Å². The van der Waals surface area contributed by atoms with Crippen molar-refractivity contribution >= 4 is 17.4 Å². The summed E-state index contributed by atoms with van der Waals surface area (Å²) in [5, 5.41) is 3.59. The standard InChI is InChI=1S/C16H17NS/c1-18-16-9-5-4-8-15(16)17-11-13-10-12-6-2-3-7-14(12)13/h2-9,13,17H,10-11H2,1H3. The van der Waals surface area contributed by atoms with E-state index in [1.54, 1.807) is 11.8 Å². The number of hydrogen-bond donors (Lipinski definition) is 1. The van der Waals surface area contributed by atoms with Gasteiger partial charge in [-0.25, -0.2) is 0 Å². The van der Waals surface area contributed by atoms with Crippen LogP contribution in [-0.4, -0.2) is 12.8 Å². The van der Waals surface area contributed by atoms with Crippen LogP contribution in [0.4, 0.5) is 5.69 Å². The van der Waals surface area contributed by atoms with Crippen molar-refractivity contribution in [3.63, 3.8) is 0 Å². The van der Waals surface area contributed by atoms with Crippen molar-refractivity contribution in [2.45, 2.75) is 17.2 Å². The van der Waals surface area contributed by atoms with Gasteiger partial charge in [0.1, 0.15) is 0 Å². The molecule has 1 N–H and O–H groups in total. The predicted octanol–water partition coefficient (Wildman–Crippen LogP) is 4.16. The van der Waals surface area contributed by atoms with Crippen molar-refractivity contribution in [1.82, 2.24) is 0 Å². The second-order valence-corrected chi connectivity index (χ2v) is 5.53. The molecule has 0 spiro atoms. The van der Waals surface area contributed by atoms with E-state index in [9.17, 15) is 0 Å². The lowest BCUT2D eigenvalue weighted by Gasteiger charge is -2.30. The summed E-state index contributed by atoms with van der Waals surface area (Å²) in [4.78, 5) is 1.32. The highest BCUT2D eigenvalue weighted by Gasteiger charge is 2.24. The van der Waals surface area contributed by atoms with Gasteiger partial charge in [-0.2, -0.15) is 0 Å². The van der Waals surface area contributed by atoms with E-state index in [4.69, 9.17) is 0 Å². The fourth-order valence-electron chi connectivity index (χ4n) is 2.57. The summed E-state index contributed by atoms with van der Waals surface area (Å²) in [6.45, 7) is 1.04. The minimum Gasteiger partial charge on any atom is -0.384 e. The van der Waals surface area contributed by atoms with Gasteiger partial charge in [0.25, 0.3) is 0 Å². The van der Waals surface area contributed by atoms with Crippen LogP contribution >= 0.6 is 11.8 Å². The maximum Gasteiger partial charge on any atom is 0.0478 e. The fourth-order valence-corrected chi connectivity index (χ4v) is 3.14. The third kappa shape index (κ3) is 2.13. The van der Waals surface area contributed by atoms with Crippen molar-refractivity contribution in [3.05, 3.63) is 59.7 Å². The second kappa shape index (κ2) is 5.07. The molecule has 0 bridgehead atoms. The molecule has 1 unspecified atom stereocenters. The van der Waals surface area contributed by atoms with Crippen LogP contribution in [0.1, 0.15) is 17.0 Å². The quantitative estimate of drug-likeness (QED) is 0.823. The Morgan fingerprint density at radius 1 is 1.11 bits per heavy atom. The first-order valence-electron chi connectivity index (χ1n) is 6.33. The Morgan fingerprint density at radius 3 is 2.72 bits per heavy atom. The average Bonchev–Trinajstić information content (AvgIpc) is 2.40. The number of rotatable bonds is 4. The van der Waals surface area contributed by atoms with Crippen LogP contribution in [0, 0.1) is 0 Å². The van der Waals surface area contributed by atoms with E-state index in [1.165, 1.54) is 28.1 Å². The number of benzene rings is 2. The largest absolute Gasteiger partial charge is 0.384 e. The lowest BCUT2D eigenvalue weighted by Crippen LogP contribution is -2.24. The minimum absolute atomic E-state index is 0.677. The van der Waals surface area contributed by atoms with E-state index >= 15 is 0 Å². The average molecular weight is 255 g/mol. The Balaban J connectivity index is 1.67. The van der Waals surface area contributed by atoms with E-state index in [2.05, 4.69) is 60.1 Å². The van der Waals surface area contributed by atoms with Gasteiger partial charge >= 0.3 is 0 Å². The van der Waals surface area contributed by atoms with Crippen molar-refractivity contribution < 1.29 is 0 Å². The smallest absolute Gasteiger partial charge is 0.0478 e. The molecular weight excluding hydrogens is 238 g/mol. The second-order valence-electron chi connectivity index (χ2n) is 4.68. The zero-order valence-corrected chi connectivity index (χ0v) is 11.3. The highest BCUT2D eigenvalue weighted by Crippen LogP contribution is 2.35. The molecule has 3 rings (SSSR count). The summed E-state index contributed by atoms with van der Waals surface area (Å²) in [6, 6.07) is 17.3. The monoisotopic (exact) mass is 255 g/mol. The molecule has 2 aromatic rings. The van der Waals surface area contributed by atoms with E-state index < -0.39 is 0 Å². The molecule has 1 aliphatic rings. The van der Waals surface area contributed by atoms with E-state index in [-0.39, 0.29) is 0 Å². The molecule has 1 aliphatic carbocycles. The third-order valence-electron chi connectivity index (χ3n) is 3.61. The van der Waals surface area contributed by atoms with Crippen LogP contribution in [0.25, 0.3) is 0 Å². The van der Waals surface area contributed by atoms with Crippen molar-refractivity contribution in [3.8, 4) is 0 Å². The molecule has 0 radical (unpaired) electrons. The van der Waals surface area contributed by atoms with Gasteiger partial charge in [-0.3, -0.25) is 0 Å². The first kappa shape index (κ1) is 11.7. The Bertz CT molecular complexity index is 550. The zero-order chi connectivity index (χ0) is 12.4. The topological polar surface area (TPSA) is 12.0 Å². The zero-order valence-electron chi connectivity index (χ0n) is 10.5. The number of para-hydroxylation sites is 1. The van der Waals surface area contributed by atoms with Gasteiger partial charge in [0.15, 0.2) is 0 Å². The van der Waals surface area contributed by atoms with E-state index in [0.29, 0.717) is 5.92 Å². The van der Waals surface area contributed by atoms with Crippen molar-refractivity contribution in [2.75, 3.05) is 18.1 Å². The van der Waals surface area contributed by atoms with Crippen LogP contribution < -0.4 is 5.32 Å². The van der Waals surface area contributed by atoms with Crippen molar-refractivity contribution in [2.24, 2.45) is 0 Å². The molecule has 0 saturated carbocycles. The third-order valence-corrected chi connectivity index (χ3v) is 4.40. The Morgan fingerprint density at radius 2 is 1.89 bits per heavy atom. The summed E-state index contributed by atoms with van der Waals surface area (Å²) in [5.41, 5.74) is 4.29. The molecule has 0 amide bonds. The van der Waals surface area contributed by atoms with Crippen LogP contribution in [0.2, 0.25) is 0 Å². The highest BCUT2D eigenvalue weighted by molar-refractivity contribution is 7.98. The minimum atomic E-state index is 0.677. The molecule has 0 fully saturated rings.